The number of hydrogen-bond acceptors (Lipinski definition) is 4. The Bertz CT molecular complexity index is 1160. The maximum absolute atomic E-state index is 12.9. The molecule has 1 unspecified atom stereocenters. The van der Waals surface area contributed by atoms with Crippen LogP contribution >= 0.6 is 0 Å². The van der Waals surface area contributed by atoms with Gasteiger partial charge in [0.15, 0.2) is 11.2 Å². The molecule has 4 aromatic rings. The van der Waals surface area contributed by atoms with E-state index in [0.717, 1.165) is 5.56 Å². The molecule has 0 saturated heterocycles. The van der Waals surface area contributed by atoms with Gasteiger partial charge in [0.25, 0.3) is 5.91 Å². The standard InChI is InChI=1S/C21H17N3O3/c1-24-12-11-22-20(24)19(14-7-3-2-4-8-14)23-21(26)18-13-16(25)15-9-5-6-10-17(15)27-18/h2-13,19H,1H3,(H,23,26). The van der Waals surface area contributed by atoms with Crippen LogP contribution in [0.1, 0.15) is 28.0 Å². The van der Waals surface area contributed by atoms with Crippen LogP contribution in [0.2, 0.25) is 0 Å². The maximum Gasteiger partial charge on any atom is 0.288 e. The van der Waals surface area contributed by atoms with Gasteiger partial charge in [0, 0.05) is 25.5 Å². The van der Waals surface area contributed by atoms with Gasteiger partial charge in [-0.15, -0.1) is 0 Å². The summed E-state index contributed by atoms with van der Waals surface area (Å²) in [7, 11) is 1.86. The van der Waals surface area contributed by atoms with Crippen LogP contribution < -0.4 is 10.7 Å². The summed E-state index contributed by atoms with van der Waals surface area (Å²) < 4.78 is 7.49. The van der Waals surface area contributed by atoms with Crippen molar-refractivity contribution in [1.29, 1.82) is 0 Å². The van der Waals surface area contributed by atoms with Crippen molar-refractivity contribution in [1.82, 2.24) is 14.9 Å². The van der Waals surface area contributed by atoms with E-state index < -0.39 is 11.9 Å². The quantitative estimate of drug-likeness (QED) is 0.608. The molecular formula is C21H17N3O3. The Morgan fingerprint density at radius 2 is 1.85 bits per heavy atom. The molecule has 1 amide bonds. The van der Waals surface area contributed by atoms with Gasteiger partial charge in [-0.1, -0.05) is 42.5 Å². The van der Waals surface area contributed by atoms with E-state index in [0.29, 0.717) is 16.8 Å². The molecule has 1 N–H and O–H groups in total. The van der Waals surface area contributed by atoms with Gasteiger partial charge >= 0.3 is 0 Å². The van der Waals surface area contributed by atoms with Crippen molar-refractivity contribution in [2.24, 2.45) is 7.05 Å². The van der Waals surface area contributed by atoms with Crippen LogP contribution in [0.4, 0.5) is 0 Å². The van der Waals surface area contributed by atoms with E-state index in [1.165, 1.54) is 6.07 Å². The molecule has 2 heterocycles. The fraction of sp³-hybridized carbons (Fsp3) is 0.0952. The van der Waals surface area contributed by atoms with Crippen molar-refractivity contribution in [3.8, 4) is 0 Å². The maximum atomic E-state index is 12.9. The summed E-state index contributed by atoms with van der Waals surface area (Å²) in [6, 6.07) is 17.1. The Morgan fingerprint density at radius 3 is 2.59 bits per heavy atom. The summed E-state index contributed by atoms with van der Waals surface area (Å²) in [5.41, 5.74) is 1.00. The predicted molar refractivity (Wildman–Crippen MR) is 101 cm³/mol. The Labute approximate surface area is 155 Å². The molecule has 2 aromatic carbocycles. The topological polar surface area (TPSA) is 77.1 Å². The number of carbonyl (C=O) groups excluding carboxylic acids is 1. The monoisotopic (exact) mass is 359 g/mol. The molecule has 0 aliphatic rings. The normalized spacial score (nSPS) is 12.0. The predicted octanol–water partition coefficient (Wildman–Crippen LogP) is 3.05. The molecule has 27 heavy (non-hydrogen) atoms. The third-order valence-electron chi connectivity index (χ3n) is 4.38. The van der Waals surface area contributed by atoms with Crippen molar-refractivity contribution in [2.75, 3.05) is 0 Å². The van der Waals surface area contributed by atoms with Gasteiger partial charge < -0.3 is 14.3 Å². The van der Waals surface area contributed by atoms with E-state index in [9.17, 15) is 9.59 Å². The molecular weight excluding hydrogens is 342 g/mol. The van der Waals surface area contributed by atoms with Crippen molar-refractivity contribution in [3.63, 3.8) is 0 Å². The van der Waals surface area contributed by atoms with Crippen molar-refractivity contribution in [2.45, 2.75) is 6.04 Å². The van der Waals surface area contributed by atoms with Crippen LogP contribution in [0, 0.1) is 0 Å². The van der Waals surface area contributed by atoms with E-state index in [1.807, 2.05) is 48.1 Å². The van der Waals surface area contributed by atoms with Crippen LogP contribution in [0.3, 0.4) is 0 Å². The fourth-order valence-corrected chi connectivity index (χ4v) is 3.02. The molecule has 0 fully saturated rings. The van der Waals surface area contributed by atoms with Crippen LogP contribution in [-0.2, 0) is 7.05 Å². The summed E-state index contributed by atoms with van der Waals surface area (Å²) in [6.07, 6.45) is 3.49. The lowest BCUT2D eigenvalue weighted by Crippen LogP contribution is -2.31. The fourth-order valence-electron chi connectivity index (χ4n) is 3.02. The first-order chi connectivity index (χ1) is 13.1. The van der Waals surface area contributed by atoms with Gasteiger partial charge in [0.2, 0.25) is 0 Å². The highest BCUT2D eigenvalue weighted by Crippen LogP contribution is 2.21. The number of rotatable bonds is 4. The Kier molecular flexibility index (Phi) is 4.30. The van der Waals surface area contributed by atoms with E-state index in [2.05, 4.69) is 10.3 Å². The number of amides is 1. The van der Waals surface area contributed by atoms with Gasteiger partial charge in [-0.05, 0) is 17.7 Å². The molecule has 0 saturated carbocycles. The first kappa shape index (κ1) is 16.8. The van der Waals surface area contributed by atoms with Crippen molar-refractivity contribution < 1.29 is 9.21 Å². The zero-order valence-electron chi connectivity index (χ0n) is 14.6. The molecule has 1 atom stereocenters. The molecule has 0 bridgehead atoms. The minimum Gasteiger partial charge on any atom is -0.451 e. The van der Waals surface area contributed by atoms with Crippen LogP contribution in [0.15, 0.2) is 82.3 Å². The Hall–Kier alpha value is -3.67. The SMILES string of the molecule is Cn1ccnc1C(NC(=O)c1cc(=O)c2ccccc2o1)c1ccccc1. The number of imidazole rings is 1. The summed E-state index contributed by atoms with van der Waals surface area (Å²) in [6.45, 7) is 0. The number of aryl methyl sites for hydroxylation is 1. The number of para-hydroxylation sites is 1. The van der Waals surface area contributed by atoms with Gasteiger partial charge in [0.05, 0.1) is 5.39 Å². The lowest BCUT2D eigenvalue weighted by molar-refractivity contribution is 0.0913. The molecule has 0 aliphatic carbocycles. The number of fused-ring (bicyclic) bond motifs is 1. The number of nitrogens with zero attached hydrogens (tertiary/aromatic N) is 2. The summed E-state index contributed by atoms with van der Waals surface area (Å²) in [5.74, 6) is 0.168. The highest BCUT2D eigenvalue weighted by molar-refractivity contribution is 5.93. The smallest absolute Gasteiger partial charge is 0.288 e. The molecule has 0 spiro atoms. The zero-order valence-corrected chi connectivity index (χ0v) is 14.6. The van der Waals surface area contributed by atoms with Crippen LogP contribution in [0.5, 0.6) is 0 Å². The average Bonchev–Trinajstić information content (AvgIpc) is 3.12. The van der Waals surface area contributed by atoms with Crippen molar-refractivity contribution in [3.05, 3.63) is 100 Å². The van der Waals surface area contributed by atoms with Crippen molar-refractivity contribution >= 4 is 16.9 Å². The average molecular weight is 359 g/mol. The largest absolute Gasteiger partial charge is 0.451 e. The first-order valence-corrected chi connectivity index (χ1v) is 8.49. The van der Waals surface area contributed by atoms with E-state index in [4.69, 9.17) is 4.42 Å². The number of benzene rings is 2. The summed E-state index contributed by atoms with van der Waals surface area (Å²) in [4.78, 5) is 29.5. The minimum absolute atomic E-state index is 0.0335. The molecule has 4 rings (SSSR count). The van der Waals surface area contributed by atoms with Gasteiger partial charge in [-0.3, -0.25) is 9.59 Å². The Morgan fingerprint density at radius 1 is 1.11 bits per heavy atom. The van der Waals surface area contributed by atoms with Crippen LogP contribution in [0.25, 0.3) is 11.0 Å². The molecule has 0 aliphatic heterocycles. The van der Waals surface area contributed by atoms with Gasteiger partial charge in [-0.25, -0.2) is 4.98 Å². The number of hydrogen-bond donors (Lipinski definition) is 1. The third kappa shape index (κ3) is 3.25. The van der Waals surface area contributed by atoms with E-state index in [1.54, 1.807) is 30.5 Å². The summed E-state index contributed by atoms with van der Waals surface area (Å²) in [5, 5.41) is 3.37. The molecule has 6 heteroatoms. The molecule has 6 nitrogen and oxygen atoms in total. The molecule has 0 radical (unpaired) electrons. The first-order valence-electron chi connectivity index (χ1n) is 8.49. The lowest BCUT2D eigenvalue weighted by Gasteiger charge is -2.19. The van der Waals surface area contributed by atoms with E-state index >= 15 is 0 Å². The van der Waals surface area contributed by atoms with Gasteiger partial charge in [-0.2, -0.15) is 0 Å². The molecule has 2 aromatic heterocycles. The Balaban J connectivity index is 1.72. The summed E-state index contributed by atoms with van der Waals surface area (Å²) >= 11 is 0. The van der Waals surface area contributed by atoms with Crippen LogP contribution in [-0.4, -0.2) is 15.5 Å². The second-order valence-corrected chi connectivity index (χ2v) is 6.18. The highest BCUT2D eigenvalue weighted by atomic mass is 16.3. The molecule has 134 valence electrons. The van der Waals surface area contributed by atoms with E-state index in [-0.39, 0.29) is 11.2 Å². The number of nitrogens with one attached hydrogen (secondary N) is 1. The number of carbonyl (C=O) groups is 1. The lowest BCUT2D eigenvalue weighted by atomic mass is 10.1. The number of aromatic nitrogens is 2. The third-order valence-corrected chi connectivity index (χ3v) is 4.38. The second kappa shape index (κ2) is 6.92. The second-order valence-electron chi connectivity index (χ2n) is 6.18. The highest BCUT2D eigenvalue weighted by Gasteiger charge is 2.23. The van der Waals surface area contributed by atoms with Gasteiger partial charge in [0.1, 0.15) is 17.4 Å². The minimum atomic E-state index is -0.477. The zero-order chi connectivity index (χ0) is 18.8.